The molecule has 0 aliphatic heterocycles. The van der Waals surface area contributed by atoms with Crippen molar-refractivity contribution in [2.75, 3.05) is 6.61 Å². The van der Waals surface area contributed by atoms with Crippen molar-refractivity contribution in [2.45, 2.75) is 50.2 Å². The third-order valence-electron chi connectivity index (χ3n) is 3.89. The van der Waals surface area contributed by atoms with Crippen molar-refractivity contribution in [1.82, 2.24) is 0 Å². The molecule has 2 rings (SSSR count). The molecule has 19 heavy (non-hydrogen) atoms. The third kappa shape index (κ3) is 3.79. The van der Waals surface area contributed by atoms with Crippen LogP contribution >= 0.6 is 0 Å². The fraction of sp³-hybridized carbons (Fsp3) is 0.562. The molecule has 1 aliphatic carbocycles. The van der Waals surface area contributed by atoms with Gasteiger partial charge in [0.15, 0.2) is 0 Å². The highest BCUT2D eigenvalue weighted by molar-refractivity contribution is 5.30. The second-order valence-corrected chi connectivity index (χ2v) is 5.33. The molecule has 1 atom stereocenters. The molecule has 1 aliphatic rings. The zero-order valence-corrected chi connectivity index (χ0v) is 11.3. The van der Waals surface area contributed by atoms with E-state index in [1.54, 1.807) is 0 Å². The molecule has 0 amide bonds. The Morgan fingerprint density at radius 2 is 1.89 bits per heavy atom. The lowest BCUT2D eigenvalue weighted by Gasteiger charge is -2.25. The van der Waals surface area contributed by atoms with Crippen LogP contribution < -0.4 is 5.73 Å². The second-order valence-electron chi connectivity index (χ2n) is 5.33. The smallest absolute Gasteiger partial charge is 0.132 e. The maximum atomic E-state index is 9.35. The van der Waals surface area contributed by atoms with E-state index in [1.165, 1.54) is 19.3 Å². The Kier molecular flexibility index (Phi) is 4.95. The van der Waals surface area contributed by atoms with Crippen molar-refractivity contribution >= 4 is 0 Å². The van der Waals surface area contributed by atoms with E-state index in [2.05, 4.69) is 6.07 Å². The summed E-state index contributed by atoms with van der Waals surface area (Å²) in [6, 6.07) is 11.8. The van der Waals surface area contributed by atoms with Gasteiger partial charge in [0, 0.05) is 6.42 Å². The van der Waals surface area contributed by atoms with Crippen LogP contribution in [0.25, 0.3) is 0 Å². The predicted molar refractivity (Wildman–Crippen MR) is 75.4 cm³/mol. The van der Waals surface area contributed by atoms with Crippen LogP contribution in [0.5, 0.6) is 0 Å². The summed E-state index contributed by atoms with van der Waals surface area (Å²) in [6.07, 6.45) is 7.05. The first-order valence-corrected chi connectivity index (χ1v) is 7.12. The van der Waals surface area contributed by atoms with E-state index in [0.29, 0.717) is 19.1 Å². The van der Waals surface area contributed by atoms with Gasteiger partial charge in [-0.15, -0.1) is 0 Å². The summed E-state index contributed by atoms with van der Waals surface area (Å²) in [5, 5.41) is 9.35. The van der Waals surface area contributed by atoms with E-state index < -0.39 is 5.54 Å². The normalized spacial score (nSPS) is 19.6. The van der Waals surface area contributed by atoms with Gasteiger partial charge in [-0.05, 0) is 18.4 Å². The second kappa shape index (κ2) is 6.70. The molecule has 0 aromatic heterocycles. The number of benzene rings is 1. The van der Waals surface area contributed by atoms with Crippen molar-refractivity contribution in [2.24, 2.45) is 5.73 Å². The van der Waals surface area contributed by atoms with Gasteiger partial charge in [0.05, 0.1) is 18.8 Å². The Bertz CT molecular complexity index is 420. The van der Waals surface area contributed by atoms with E-state index in [4.69, 9.17) is 10.5 Å². The van der Waals surface area contributed by atoms with Gasteiger partial charge in [0.1, 0.15) is 5.54 Å². The van der Waals surface area contributed by atoms with Crippen LogP contribution in [-0.4, -0.2) is 12.7 Å². The van der Waals surface area contributed by atoms with Gasteiger partial charge in [0.25, 0.3) is 0 Å². The topological polar surface area (TPSA) is 59.0 Å². The molecular formula is C16H22N2O. The first-order valence-electron chi connectivity index (χ1n) is 7.12. The van der Waals surface area contributed by atoms with E-state index in [1.807, 2.05) is 30.3 Å². The zero-order chi connectivity index (χ0) is 13.6. The van der Waals surface area contributed by atoms with Crippen LogP contribution in [0.4, 0.5) is 0 Å². The molecule has 1 saturated carbocycles. The van der Waals surface area contributed by atoms with Gasteiger partial charge in [-0.2, -0.15) is 5.26 Å². The third-order valence-corrected chi connectivity index (χ3v) is 3.89. The molecule has 0 saturated heterocycles. The maximum Gasteiger partial charge on any atom is 0.132 e. The molecule has 1 aromatic rings. The van der Waals surface area contributed by atoms with Crippen molar-refractivity contribution in [3.63, 3.8) is 0 Å². The Morgan fingerprint density at radius 3 is 2.53 bits per heavy atom. The number of hydrogen-bond donors (Lipinski definition) is 1. The van der Waals surface area contributed by atoms with Crippen molar-refractivity contribution in [3.05, 3.63) is 35.9 Å². The summed E-state index contributed by atoms with van der Waals surface area (Å²) in [6.45, 7) is 0.559. The van der Waals surface area contributed by atoms with Crippen LogP contribution in [0.3, 0.4) is 0 Å². The standard InChI is InChI=1S/C16H22N2O/c17-13-16(18,14-7-3-1-4-8-14)11-12-19-15-9-5-2-6-10-15/h1,3-4,7-8,15H,2,5-6,9-12,18H2. The highest BCUT2D eigenvalue weighted by atomic mass is 16.5. The summed E-state index contributed by atoms with van der Waals surface area (Å²) in [5.41, 5.74) is 6.12. The summed E-state index contributed by atoms with van der Waals surface area (Å²) in [7, 11) is 0. The number of hydrogen-bond acceptors (Lipinski definition) is 3. The fourth-order valence-corrected chi connectivity index (χ4v) is 2.62. The molecule has 0 heterocycles. The number of nitrogens with zero attached hydrogens (tertiary/aromatic N) is 1. The molecule has 1 unspecified atom stereocenters. The van der Waals surface area contributed by atoms with Gasteiger partial charge < -0.3 is 10.5 Å². The summed E-state index contributed by atoms with van der Waals surface area (Å²) in [5.74, 6) is 0. The lowest BCUT2D eigenvalue weighted by molar-refractivity contribution is 0.0217. The lowest BCUT2D eigenvalue weighted by Crippen LogP contribution is -2.36. The molecular weight excluding hydrogens is 236 g/mol. The first kappa shape index (κ1) is 14.0. The van der Waals surface area contributed by atoms with E-state index in [0.717, 1.165) is 18.4 Å². The monoisotopic (exact) mass is 258 g/mol. The van der Waals surface area contributed by atoms with Crippen molar-refractivity contribution < 1.29 is 4.74 Å². The van der Waals surface area contributed by atoms with E-state index in [-0.39, 0.29) is 0 Å². The molecule has 2 N–H and O–H groups in total. The fourth-order valence-electron chi connectivity index (χ4n) is 2.62. The summed E-state index contributed by atoms with van der Waals surface area (Å²) < 4.78 is 5.87. The molecule has 3 heteroatoms. The molecule has 1 aromatic carbocycles. The van der Waals surface area contributed by atoms with Gasteiger partial charge >= 0.3 is 0 Å². The Morgan fingerprint density at radius 1 is 1.21 bits per heavy atom. The summed E-state index contributed by atoms with van der Waals surface area (Å²) in [4.78, 5) is 0. The molecule has 0 bridgehead atoms. The Labute approximate surface area is 115 Å². The average molecular weight is 258 g/mol. The maximum absolute atomic E-state index is 9.35. The van der Waals surface area contributed by atoms with Crippen LogP contribution in [0, 0.1) is 11.3 Å². The van der Waals surface area contributed by atoms with Crippen LogP contribution in [0.1, 0.15) is 44.1 Å². The van der Waals surface area contributed by atoms with E-state index >= 15 is 0 Å². The SMILES string of the molecule is N#CC(N)(CCOC1CCCCC1)c1ccccc1. The minimum atomic E-state index is -0.935. The molecule has 0 radical (unpaired) electrons. The van der Waals surface area contributed by atoms with Gasteiger partial charge in [0.2, 0.25) is 0 Å². The molecule has 3 nitrogen and oxygen atoms in total. The van der Waals surface area contributed by atoms with Gasteiger partial charge in [-0.25, -0.2) is 0 Å². The van der Waals surface area contributed by atoms with Crippen molar-refractivity contribution in [1.29, 1.82) is 5.26 Å². The van der Waals surface area contributed by atoms with Gasteiger partial charge in [-0.1, -0.05) is 49.6 Å². The molecule has 1 fully saturated rings. The first-order chi connectivity index (χ1) is 9.24. The number of nitriles is 1. The minimum absolute atomic E-state index is 0.368. The largest absolute Gasteiger partial charge is 0.378 e. The van der Waals surface area contributed by atoms with Crippen molar-refractivity contribution in [3.8, 4) is 6.07 Å². The van der Waals surface area contributed by atoms with E-state index in [9.17, 15) is 5.26 Å². The summed E-state index contributed by atoms with van der Waals surface area (Å²) >= 11 is 0. The molecule has 102 valence electrons. The Hall–Kier alpha value is -1.37. The van der Waals surface area contributed by atoms with Crippen LogP contribution in [0.15, 0.2) is 30.3 Å². The number of ether oxygens (including phenoxy) is 1. The average Bonchev–Trinajstić information content (AvgIpc) is 2.49. The lowest BCUT2D eigenvalue weighted by atomic mass is 9.89. The van der Waals surface area contributed by atoms with Crippen LogP contribution in [0.2, 0.25) is 0 Å². The zero-order valence-electron chi connectivity index (χ0n) is 11.3. The Balaban J connectivity index is 1.87. The number of rotatable bonds is 5. The molecule has 0 spiro atoms. The predicted octanol–water partition coefficient (Wildman–Crippen LogP) is 3.10. The highest BCUT2D eigenvalue weighted by Crippen LogP contribution is 2.24. The number of nitrogens with two attached hydrogens (primary N) is 1. The van der Waals surface area contributed by atoms with Gasteiger partial charge in [-0.3, -0.25) is 0 Å². The quantitative estimate of drug-likeness (QED) is 0.882. The minimum Gasteiger partial charge on any atom is -0.378 e. The van der Waals surface area contributed by atoms with Crippen LogP contribution in [-0.2, 0) is 10.3 Å². The highest BCUT2D eigenvalue weighted by Gasteiger charge is 2.27.